The van der Waals surface area contributed by atoms with Gasteiger partial charge in [0.15, 0.2) is 0 Å². The highest BCUT2D eigenvalue weighted by atomic mass is 32.2. The topological polar surface area (TPSA) is 35.8 Å². The smallest absolute Gasteiger partial charge is 0.0628 e. The molecule has 0 spiro atoms. The van der Waals surface area contributed by atoms with E-state index in [1.54, 1.807) is 0 Å². The fourth-order valence-corrected chi connectivity index (χ4v) is 3.91. The van der Waals surface area contributed by atoms with Crippen LogP contribution in [0.1, 0.15) is 45.4 Å². The molecule has 0 bridgehead atoms. The second kappa shape index (κ2) is 5.42. The molecule has 2 rings (SSSR count). The van der Waals surface area contributed by atoms with Crippen LogP contribution in [0, 0.1) is 16.7 Å². The predicted molar refractivity (Wildman–Crippen MR) is 69.5 cm³/mol. The fraction of sp³-hybridized carbons (Fsp3) is 0.923. The van der Waals surface area contributed by atoms with E-state index in [-0.39, 0.29) is 0 Å². The molecule has 3 heteroatoms. The summed E-state index contributed by atoms with van der Waals surface area (Å²) < 4.78 is 0. The van der Waals surface area contributed by atoms with Gasteiger partial charge < -0.3 is 5.32 Å². The van der Waals surface area contributed by atoms with Gasteiger partial charge in [-0.3, -0.25) is 0 Å². The van der Waals surface area contributed by atoms with E-state index in [4.69, 9.17) is 5.26 Å². The van der Waals surface area contributed by atoms with Crippen LogP contribution >= 0.6 is 11.8 Å². The van der Waals surface area contributed by atoms with Gasteiger partial charge in [-0.15, -0.1) is 0 Å². The normalized spacial score (nSPS) is 31.2. The van der Waals surface area contributed by atoms with Crippen LogP contribution in [0.4, 0.5) is 0 Å². The van der Waals surface area contributed by atoms with Gasteiger partial charge in [0.1, 0.15) is 0 Å². The Kier molecular flexibility index (Phi) is 4.16. The molecule has 0 aromatic rings. The first-order chi connectivity index (χ1) is 7.79. The van der Waals surface area contributed by atoms with Crippen molar-refractivity contribution in [2.24, 2.45) is 5.41 Å². The van der Waals surface area contributed by atoms with Crippen LogP contribution in [0.25, 0.3) is 0 Å². The van der Waals surface area contributed by atoms with E-state index in [0.29, 0.717) is 11.5 Å². The van der Waals surface area contributed by atoms with E-state index in [2.05, 4.69) is 30.1 Å². The van der Waals surface area contributed by atoms with Crippen LogP contribution in [-0.2, 0) is 0 Å². The molecule has 2 atom stereocenters. The molecule has 16 heavy (non-hydrogen) atoms. The lowest BCUT2D eigenvalue weighted by Gasteiger charge is -2.22. The van der Waals surface area contributed by atoms with Crippen molar-refractivity contribution in [1.29, 1.82) is 5.26 Å². The molecule has 1 N–H and O–H groups in total. The van der Waals surface area contributed by atoms with Crippen LogP contribution in [0.5, 0.6) is 0 Å². The zero-order chi connectivity index (χ0) is 11.4. The summed E-state index contributed by atoms with van der Waals surface area (Å²) in [6.07, 6.45) is 7.35. The number of hydrogen-bond donors (Lipinski definition) is 1. The average Bonchev–Trinajstić information content (AvgIpc) is 2.89. The first kappa shape index (κ1) is 12.3. The molecule has 0 aromatic heterocycles. The molecule has 0 aromatic carbocycles. The van der Waals surface area contributed by atoms with Gasteiger partial charge in [-0.25, -0.2) is 0 Å². The van der Waals surface area contributed by atoms with E-state index in [0.717, 1.165) is 18.2 Å². The molecular weight excluding hydrogens is 216 g/mol. The Labute approximate surface area is 103 Å². The van der Waals surface area contributed by atoms with Crippen LogP contribution in [-0.4, -0.2) is 23.6 Å². The highest BCUT2D eigenvalue weighted by Gasteiger charge is 2.43. The van der Waals surface area contributed by atoms with E-state index in [9.17, 15) is 0 Å². The second-order valence-corrected chi connectivity index (χ2v) is 6.76. The standard InChI is InChI=1S/C13H22N2S/c1-2-16-12-5-3-4-11(12)15-10-13(6-7-13)8-9-14/h11-12,15H,2-8,10H2,1H3. The van der Waals surface area contributed by atoms with Crippen LogP contribution in [0.2, 0.25) is 0 Å². The third-order valence-electron chi connectivity index (χ3n) is 3.98. The van der Waals surface area contributed by atoms with Crippen LogP contribution < -0.4 is 5.32 Å². The minimum Gasteiger partial charge on any atom is -0.312 e. The molecular formula is C13H22N2S. The van der Waals surface area contributed by atoms with Crippen molar-refractivity contribution in [3.05, 3.63) is 0 Å². The molecule has 2 aliphatic rings. The van der Waals surface area contributed by atoms with Crippen molar-refractivity contribution in [2.45, 2.75) is 56.7 Å². The molecule has 2 unspecified atom stereocenters. The van der Waals surface area contributed by atoms with Gasteiger partial charge >= 0.3 is 0 Å². The first-order valence-corrected chi connectivity index (χ1v) is 7.56. The molecule has 2 nitrogen and oxygen atoms in total. The minimum absolute atomic E-state index is 0.360. The lowest BCUT2D eigenvalue weighted by atomic mass is 10.0. The largest absolute Gasteiger partial charge is 0.312 e. The summed E-state index contributed by atoms with van der Waals surface area (Å²) in [6.45, 7) is 3.32. The molecule has 0 heterocycles. The van der Waals surface area contributed by atoms with Crippen molar-refractivity contribution < 1.29 is 0 Å². The van der Waals surface area contributed by atoms with Gasteiger partial charge in [0.05, 0.1) is 6.07 Å². The predicted octanol–water partition coefficient (Wildman–Crippen LogP) is 2.94. The third-order valence-corrected chi connectivity index (χ3v) is 5.31. The van der Waals surface area contributed by atoms with Gasteiger partial charge in [-0.2, -0.15) is 17.0 Å². The number of thioether (sulfide) groups is 1. The zero-order valence-corrected chi connectivity index (χ0v) is 11.0. The third kappa shape index (κ3) is 2.93. The summed E-state index contributed by atoms with van der Waals surface area (Å²) in [6, 6.07) is 3.05. The lowest BCUT2D eigenvalue weighted by molar-refractivity contribution is 0.420. The zero-order valence-electron chi connectivity index (χ0n) is 10.2. The highest BCUT2D eigenvalue weighted by Crippen LogP contribution is 2.48. The Morgan fingerprint density at radius 2 is 2.25 bits per heavy atom. The van der Waals surface area contributed by atoms with Crippen LogP contribution in [0.15, 0.2) is 0 Å². The number of nitriles is 1. The van der Waals surface area contributed by atoms with Gasteiger partial charge in [-0.05, 0) is 36.9 Å². The maximum absolute atomic E-state index is 8.79. The Morgan fingerprint density at radius 3 is 2.88 bits per heavy atom. The number of rotatable bonds is 6. The lowest BCUT2D eigenvalue weighted by Crippen LogP contribution is -2.38. The molecule has 2 fully saturated rings. The quantitative estimate of drug-likeness (QED) is 0.773. The Bertz CT molecular complexity index is 268. The number of hydrogen-bond acceptors (Lipinski definition) is 3. The summed E-state index contributed by atoms with van der Waals surface area (Å²) in [4.78, 5) is 0. The molecule has 90 valence electrons. The summed E-state index contributed by atoms with van der Waals surface area (Å²) >= 11 is 2.10. The Balaban J connectivity index is 1.75. The number of nitrogens with one attached hydrogen (secondary N) is 1. The van der Waals surface area contributed by atoms with Crippen molar-refractivity contribution in [3.8, 4) is 6.07 Å². The first-order valence-electron chi connectivity index (χ1n) is 6.51. The maximum atomic E-state index is 8.79. The second-order valence-electron chi connectivity index (χ2n) is 5.25. The van der Waals surface area contributed by atoms with E-state index in [1.807, 2.05) is 0 Å². The fourth-order valence-electron chi connectivity index (χ4n) is 2.68. The van der Waals surface area contributed by atoms with E-state index < -0.39 is 0 Å². The Morgan fingerprint density at radius 1 is 1.44 bits per heavy atom. The van der Waals surface area contributed by atoms with Gasteiger partial charge in [-0.1, -0.05) is 13.3 Å². The molecule has 0 aliphatic heterocycles. The highest BCUT2D eigenvalue weighted by molar-refractivity contribution is 7.99. The van der Waals surface area contributed by atoms with Crippen molar-refractivity contribution in [1.82, 2.24) is 5.32 Å². The summed E-state index contributed by atoms with van der Waals surface area (Å²) in [5, 5.41) is 13.3. The van der Waals surface area contributed by atoms with E-state index >= 15 is 0 Å². The van der Waals surface area contributed by atoms with Crippen molar-refractivity contribution >= 4 is 11.8 Å². The summed E-state index contributed by atoms with van der Waals surface area (Å²) in [7, 11) is 0. The molecule has 2 saturated carbocycles. The van der Waals surface area contributed by atoms with Gasteiger partial charge in [0, 0.05) is 24.3 Å². The van der Waals surface area contributed by atoms with Crippen molar-refractivity contribution in [2.75, 3.05) is 12.3 Å². The summed E-state index contributed by atoms with van der Waals surface area (Å²) in [5.41, 5.74) is 0.360. The molecule has 0 saturated heterocycles. The number of nitrogens with zero attached hydrogens (tertiary/aromatic N) is 1. The molecule has 0 amide bonds. The van der Waals surface area contributed by atoms with E-state index in [1.165, 1.54) is 37.9 Å². The van der Waals surface area contributed by atoms with Crippen molar-refractivity contribution in [3.63, 3.8) is 0 Å². The molecule has 0 radical (unpaired) electrons. The SMILES string of the molecule is CCSC1CCCC1NCC1(CC#N)CC1. The maximum Gasteiger partial charge on any atom is 0.0628 e. The summed E-state index contributed by atoms with van der Waals surface area (Å²) in [5.74, 6) is 1.23. The Hall–Kier alpha value is -0.200. The van der Waals surface area contributed by atoms with Gasteiger partial charge in [0.2, 0.25) is 0 Å². The van der Waals surface area contributed by atoms with Gasteiger partial charge in [0.25, 0.3) is 0 Å². The minimum atomic E-state index is 0.360. The van der Waals surface area contributed by atoms with Crippen LogP contribution in [0.3, 0.4) is 0 Å². The monoisotopic (exact) mass is 238 g/mol. The average molecular weight is 238 g/mol. The molecule has 2 aliphatic carbocycles.